The summed E-state index contributed by atoms with van der Waals surface area (Å²) < 4.78 is 13.1. The number of hydrogen-bond donors (Lipinski definition) is 1. The normalized spacial score (nSPS) is 11.0. The van der Waals surface area contributed by atoms with Crippen molar-refractivity contribution in [3.63, 3.8) is 0 Å². The molecule has 3 aromatic rings. The van der Waals surface area contributed by atoms with Gasteiger partial charge >= 0.3 is 0 Å². The number of halogens is 1. The van der Waals surface area contributed by atoms with Crippen LogP contribution in [0.4, 0.5) is 4.39 Å². The molecule has 0 aliphatic heterocycles. The first-order valence-electron chi connectivity index (χ1n) is 8.62. The number of thioether (sulfide) groups is 1. The summed E-state index contributed by atoms with van der Waals surface area (Å²) in [4.78, 5) is 21.0. The van der Waals surface area contributed by atoms with Gasteiger partial charge in [-0.1, -0.05) is 36.0 Å². The Bertz CT molecular complexity index is 985. The minimum Gasteiger partial charge on any atom is -0.267 e. The number of amides is 1. The second kappa shape index (κ2) is 9.23. The fourth-order valence-electron chi connectivity index (χ4n) is 2.48. The number of hydrazone groups is 1. The van der Waals surface area contributed by atoms with Gasteiger partial charge in [-0.25, -0.2) is 19.8 Å². The predicted molar refractivity (Wildman–Crippen MR) is 109 cm³/mol. The summed E-state index contributed by atoms with van der Waals surface area (Å²) in [5.41, 5.74) is 6.46. The van der Waals surface area contributed by atoms with Gasteiger partial charge in [0.25, 0.3) is 5.91 Å². The number of carbonyl (C=O) groups excluding carboxylic acids is 1. The van der Waals surface area contributed by atoms with Crippen LogP contribution in [0.2, 0.25) is 0 Å². The number of benzene rings is 2. The second-order valence-corrected chi connectivity index (χ2v) is 7.12. The van der Waals surface area contributed by atoms with E-state index in [-0.39, 0.29) is 11.7 Å². The third-order valence-corrected chi connectivity index (χ3v) is 4.69. The summed E-state index contributed by atoms with van der Waals surface area (Å²) in [5.74, 6) is 0.0298. The lowest BCUT2D eigenvalue weighted by molar-refractivity contribution is 0.0955. The number of nitrogens with one attached hydrogen (secondary N) is 1. The standard InChI is InChI=1S/C21H19FN4OS/c1-14-10-15(2)25-21(24-14)28-13-16-6-8-18(9-7-16)20(27)26-23-12-17-4-3-5-19(22)11-17/h3-12H,13H2,1-2H3,(H,26,27)/b23-12+. The lowest BCUT2D eigenvalue weighted by Gasteiger charge is -2.05. The maximum absolute atomic E-state index is 13.1. The first kappa shape index (κ1) is 19.7. The van der Waals surface area contributed by atoms with Crippen LogP contribution in [0, 0.1) is 19.7 Å². The zero-order valence-electron chi connectivity index (χ0n) is 15.5. The van der Waals surface area contributed by atoms with Crippen molar-refractivity contribution in [2.24, 2.45) is 5.10 Å². The van der Waals surface area contributed by atoms with Crippen LogP contribution in [-0.4, -0.2) is 22.1 Å². The van der Waals surface area contributed by atoms with Crippen LogP contribution in [-0.2, 0) is 5.75 Å². The molecule has 5 nitrogen and oxygen atoms in total. The molecular formula is C21H19FN4OS. The summed E-state index contributed by atoms with van der Waals surface area (Å²) in [5, 5.41) is 4.60. The number of rotatable bonds is 6. The average Bonchev–Trinajstić information content (AvgIpc) is 2.66. The summed E-state index contributed by atoms with van der Waals surface area (Å²) in [7, 11) is 0. The molecule has 142 valence electrons. The van der Waals surface area contributed by atoms with E-state index >= 15 is 0 Å². The Kier molecular flexibility index (Phi) is 6.49. The van der Waals surface area contributed by atoms with Crippen molar-refractivity contribution in [2.45, 2.75) is 24.8 Å². The van der Waals surface area contributed by atoms with Crippen LogP contribution in [0.15, 0.2) is 64.9 Å². The van der Waals surface area contributed by atoms with Crippen LogP contribution in [0.25, 0.3) is 0 Å². The minimum absolute atomic E-state index is 0.329. The fourth-order valence-corrected chi connectivity index (χ4v) is 3.38. The summed E-state index contributed by atoms with van der Waals surface area (Å²) in [6, 6.07) is 15.2. The van der Waals surface area contributed by atoms with Gasteiger partial charge in [-0.3, -0.25) is 4.79 Å². The molecule has 1 N–H and O–H groups in total. The third kappa shape index (κ3) is 5.72. The molecule has 28 heavy (non-hydrogen) atoms. The Balaban J connectivity index is 1.55. The molecule has 3 rings (SSSR count). The molecule has 0 unspecified atom stereocenters. The van der Waals surface area contributed by atoms with Gasteiger partial charge in [0, 0.05) is 22.7 Å². The Hall–Kier alpha value is -3.06. The molecule has 0 aliphatic rings. The van der Waals surface area contributed by atoms with Gasteiger partial charge < -0.3 is 0 Å². The maximum Gasteiger partial charge on any atom is 0.271 e. The zero-order valence-corrected chi connectivity index (χ0v) is 16.3. The first-order chi connectivity index (χ1) is 13.5. The molecule has 0 fully saturated rings. The Morgan fingerprint density at radius 3 is 2.50 bits per heavy atom. The van der Waals surface area contributed by atoms with Crippen molar-refractivity contribution in [3.05, 3.63) is 88.5 Å². The van der Waals surface area contributed by atoms with Gasteiger partial charge in [0.05, 0.1) is 6.21 Å². The fraction of sp³-hybridized carbons (Fsp3) is 0.143. The largest absolute Gasteiger partial charge is 0.271 e. The van der Waals surface area contributed by atoms with Crippen LogP contribution in [0.1, 0.15) is 32.9 Å². The molecule has 2 aromatic carbocycles. The van der Waals surface area contributed by atoms with E-state index in [1.165, 1.54) is 18.3 Å². The highest BCUT2D eigenvalue weighted by Crippen LogP contribution is 2.20. The van der Waals surface area contributed by atoms with Gasteiger partial charge in [0.15, 0.2) is 5.16 Å². The molecule has 0 atom stereocenters. The zero-order chi connectivity index (χ0) is 19.9. The van der Waals surface area contributed by atoms with Gasteiger partial charge in [-0.05, 0) is 55.3 Å². The van der Waals surface area contributed by atoms with Gasteiger partial charge in [0.1, 0.15) is 5.82 Å². The molecule has 1 amide bonds. The molecule has 7 heteroatoms. The summed E-state index contributed by atoms with van der Waals surface area (Å²) >= 11 is 1.55. The number of hydrogen-bond acceptors (Lipinski definition) is 5. The van der Waals surface area contributed by atoms with Crippen LogP contribution in [0.5, 0.6) is 0 Å². The lowest BCUT2D eigenvalue weighted by atomic mass is 10.1. The van der Waals surface area contributed by atoms with E-state index < -0.39 is 0 Å². The molecule has 0 saturated carbocycles. The van der Waals surface area contributed by atoms with Crippen molar-refractivity contribution in [1.82, 2.24) is 15.4 Å². The average molecular weight is 394 g/mol. The highest BCUT2D eigenvalue weighted by Gasteiger charge is 2.06. The molecule has 0 bridgehead atoms. The van der Waals surface area contributed by atoms with Crippen molar-refractivity contribution >= 4 is 23.9 Å². The molecule has 0 aliphatic carbocycles. The Morgan fingerprint density at radius 2 is 1.82 bits per heavy atom. The number of aromatic nitrogens is 2. The van der Waals surface area contributed by atoms with Crippen molar-refractivity contribution in [3.8, 4) is 0 Å². The topological polar surface area (TPSA) is 67.2 Å². The Labute approximate surface area is 167 Å². The SMILES string of the molecule is Cc1cc(C)nc(SCc2ccc(C(=O)N/N=C/c3cccc(F)c3)cc2)n1. The van der Waals surface area contributed by atoms with E-state index in [0.717, 1.165) is 22.1 Å². The van der Waals surface area contributed by atoms with Gasteiger partial charge in [0.2, 0.25) is 0 Å². The van der Waals surface area contributed by atoms with E-state index in [9.17, 15) is 9.18 Å². The highest BCUT2D eigenvalue weighted by molar-refractivity contribution is 7.98. The minimum atomic E-state index is -0.352. The van der Waals surface area contributed by atoms with Crippen LogP contribution >= 0.6 is 11.8 Å². The lowest BCUT2D eigenvalue weighted by Crippen LogP contribution is -2.17. The number of carbonyl (C=O) groups is 1. The van der Waals surface area contributed by atoms with Crippen molar-refractivity contribution in [2.75, 3.05) is 0 Å². The third-order valence-electron chi connectivity index (χ3n) is 3.77. The van der Waals surface area contributed by atoms with E-state index in [4.69, 9.17) is 0 Å². The molecule has 1 heterocycles. The smallest absolute Gasteiger partial charge is 0.267 e. The molecule has 0 spiro atoms. The van der Waals surface area contributed by atoms with Crippen LogP contribution < -0.4 is 5.43 Å². The molecular weight excluding hydrogens is 375 g/mol. The first-order valence-corrected chi connectivity index (χ1v) is 9.61. The monoisotopic (exact) mass is 394 g/mol. The second-order valence-electron chi connectivity index (χ2n) is 6.17. The van der Waals surface area contributed by atoms with E-state index in [2.05, 4.69) is 20.5 Å². The van der Waals surface area contributed by atoms with Crippen molar-refractivity contribution in [1.29, 1.82) is 0 Å². The van der Waals surface area contributed by atoms with Gasteiger partial charge in [-0.15, -0.1) is 0 Å². The molecule has 0 radical (unpaired) electrons. The maximum atomic E-state index is 13.1. The number of aryl methyl sites for hydroxylation is 2. The molecule has 0 saturated heterocycles. The van der Waals surface area contributed by atoms with Gasteiger partial charge in [-0.2, -0.15) is 5.10 Å². The predicted octanol–water partition coefficient (Wildman–Crippen LogP) is 4.29. The van der Waals surface area contributed by atoms with E-state index in [1.807, 2.05) is 32.0 Å². The summed E-state index contributed by atoms with van der Waals surface area (Å²) in [6.45, 7) is 3.89. The van der Waals surface area contributed by atoms with E-state index in [1.54, 1.807) is 36.0 Å². The highest BCUT2D eigenvalue weighted by atomic mass is 32.2. The van der Waals surface area contributed by atoms with Crippen LogP contribution in [0.3, 0.4) is 0 Å². The van der Waals surface area contributed by atoms with Crippen molar-refractivity contribution < 1.29 is 9.18 Å². The molecule has 1 aromatic heterocycles. The summed E-state index contributed by atoms with van der Waals surface area (Å²) in [6.07, 6.45) is 1.40. The van der Waals surface area contributed by atoms with E-state index in [0.29, 0.717) is 16.9 Å². The Morgan fingerprint density at radius 1 is 1.11 bits per heavy atom. The quantitative estimate of drug-likeness (QED) is 0.293. The number of nitrogens with zero attached hydrogens (tertiary/aromatic N) is 3.